The molecule has 3 rings (SSSR count). The van der Waals surface area contributed by atoms with E-state index in [1.807, 2.05) is 36.9 Å². The number of hydrogen-bond acceptors (Lipinski definition) is 5. The van der Waals surface area contributed by atoms with Crippen LogP contribution in [0.1, 0.15) is 38.8 Å². The molecule has 0 unspecified atom stereocenters. The van der Waals surface area contributed by atoms with Gasteiger partial charge in [0.2, 0.25) is 0 Å². The molecule has 2 heterocycles. The van der Waals surface area contributed by atoms with Crippen LogP contribution in [0.4, 0.5) is 10.7 Å². The van der Waals surface area contributed by atoms with Crippen LogP contribution in [0, 0.1) is 13.8 Å². The molecule has 2 N–H and O–H groups in total. The highest BCUT2D eigenvalue weighted by Gasteiger charge is 2.22. The Morgan fingerprint density at radius 2 is 2.03 bits per heavy atom. The lowest BCUT2D eigenvalue weighted by molar-refractivity contribution is 0.0601. The van der Waals surface area contributed by atoms with E-state index in [-0.39, 0.29) is 5.97 Å². The van der Waals surface area contributed by atoms with Crippen molar-refractivity contribution >= 4 is 45.3 Å². The molecule has 0 saturated heterocycles. The van der Waals surface area contributed by atoms with Gasteiger partial charge in [0.25, 0.3) is 0 Å². The highest BCUT2D eigenvalue weighted by molar-refractivity contribution is 7.80. The van der Waals surface area contributed by atoms with Crippen molar-refractivity contribution < 1.29 is 9.53 Å². The molecule has 0 aliphatic carbocycles. The number of carbonyl (C=O) groups is 1. The fourth-order valence-corrected chi connectivity index (χ4v) is 4.57. The minimum absolute atomic E-state index is 0.359. The predicted octanol–water partition coefficient (Wildman–Crippen LogP) is 4.77. The van der Waals surface area contributed by atoms with E-state index < -0.39 is 0 Å². The second-order valence-corrected chi connectivity index (χ2v) is 8.25. The van der Waals surface area contributed by atoms with Crippen LogP contribution in [0.25, 0.3) is 0 Å². The van der Waals surface area contributed by atoms with Gasteiger partial charge in [-0.1, -0.05) is 31.2 Å². The summed E-state index contributed by atoms with van der Waals surface area (Å²) < 4.78 is 6.81. The molecule has 0 fully saturated rings. The highest BCUT2D eigenvalue weighted by atomic mass is 32.1. The molecular formula is C21H24N4O2S2. The quantitative estimate of drug-likeness (QED) is 0.436. The number of methoxy groups -OCH3 is 1. The number of carbonyl (C=O) groups excluding carboxylic acids is 1. The van der Waals surface area contributed by atoms with Crippen molar-refractivity contribution in [2.45, 2.75) is 33.7 Å². The molecule has 0 saturated carbocycles. The Bertz CT molecular complexity index is 1040. The number of anilines is 2. The Balaban J connectivity index is 1.70. The van der Waals surface area contributed by atoms with Crippen molar-refractivity contribution in [2.75, 3.05) is 17.7 Å². The monoisotopic (exact) mass is 428 g/mol. The molecule has 8 heteroatoms. The van der Waals surface area contributed by atoms with Crippen molar-refractivity contribution in [3.8, 4) is 0 Å². The number of benzene rings is 1. The van der Waals surface area contributed by atoms with E-state index in [1.54, 1.807) is 6.20 Å². The van der Waals surface area contributed by atoms with Crippen LogP contribution < -0.4 is 10.6 Å². The number of aryl methyl sites for hydroxylation is 2. The number of thiophene rings is 1. The second kappa shape index (κ2) is 9.19. The first kappa shape index (κ1) is 21.0. The number of nitrogens with one attached hydrogen (secondary N) is 2. The molecule has 3 aromatic rings. The van der Waals surface area contributed by atoms with Gasteiger partial charge < -0.3 is 15.4 Å². The van der Waals surface area contributed by atoms with Crippen LogP contribution in [-0.2, 0) is 17.7 Å². The third-order valence-corrected chi connectivity index (χ3v) is 5.93. The maximum atomic E-state index is 12.2. The van der Waals surface area contributed by atoms with Crippen molar-refractivity contribution in [3.05, 3.63) is 63.8 Å². The zero-order valence-corrected chi connectivity index (χ0v) is 18.5. The molecule has 29 heavy (non-hydrogen) atoms. The van der Waals surface area contributed by atoms with Gasteiger partial charge in [-0.25, -0.2) is 4.79 Å². The van der Waals surface area contributed by atoms with Gasteiger partial charge in [0.15, 0.2) is 5.11 Å². The maximum Gasteiger partial charge on any atom is 0.341 e. The summed E-state index contributed by atoms with van der Waals surface area (Å²) in [6.45, 7) is 6.78. The number of esters is 1. The van der Waals surface area contributed by atoms with Gasteiger partial charge >= 0.3 is 5.97 Å². The Labute approximate surface area is 179 Å². The van der Waals surface area contributed by atoms with E-state index in [1.165, 1.54) is 29.6 Å². The second-order valence-electron chi connectivity index (χ2n) is 6.62. The molecule has 0 bridgehead atoms. The molecule has 0 atom stereocenters. The Kier molecular flexibility index (Phi) is 6.66. The third-order valence-electron chi connectivity index (χ3n) is 4.66. The molecule has 0 aliphatic rings. The SMILES string of the molecule is CCc1c(C)sc(NC(=S)Nc2cnn(Cc3ccccc3C)c2)c1C(=O)OC. The largest absolute Gasteiger partial charge is 0.465 e. The molecule has 1 aromatic carbocycles. The summed E-state index contributed by atoms with van der Waals surface area (Å²) in [5.74, 6) is -0.359. The van der Waals surface area contributed by atoms with E-state index in [0.29, 0.717) is 22.2 Å². The van der Waals surface area contributed by atoms with Gasteiger partial charge in [0, 0.05) is 11.1 Å². The first-order valence-electron chi connectivity index (χ1n) is 9.28. The minimum atomic E-state index is -0.359. The van der Waals surface area contributed by atoms with E-state index in [9.17, 15) is 4.79 Å². The standard InChI is InChI=1S/C21H24N4O2S2/c1-5-17-14(3)29-19(18(17)20(26)27-4)24-21(28)23-16-10-22-25(12-16)11-15-9-7-6-8-13(15)2/h6-10,12H,5,11H2,1-4H3,(H2,23,24,28). The number of nitrogens with zero attached hydrogens (tertiary/aromatic N) is 2. The summed E-state index contributed by atoms with van der Waals surface area (Å²) in [4.78, 5) is 13.3. The summed E-state index contributed by atoms with van der Waals surface area (Å²) in [6, 6.07) is 8.23. The molecule has 0 radical (unpaired) electrons. The number of thiocarbonyl (C=S) groups is 1. The van der Waals surface area contributed by atoms with Gasteiger partial charge in [0.05, 0.1) is 31.1 Å². The number of hydrogen-bond donors (Lipinski definition) is 2. The Morgan fingerprint density at radius 3 is 2.72 bits per heavy atom. The van der Waals surface area contributed by atoms with E-state index in [2.05, 4.69) is 34.8 Å². The fourth-order valence-electron chi connectivity index (χ4n) is 3.15. The number of aromatic nitrogens is 2. The molecule has 0 amide bonds. The normalized spacial score (nSPS) is 10.6. The van der Waals surface area contributed by atoms with Crippen LogP contribution in [-0.4, -0.2) is 28.0 Å². The van der Waals surface area contributed by atoms with Crippen LogP contribution in [0.5, 0.6) is 0 Å². The Morgan fingerprint density at radius 1 is 1.28 bits per heavy atom. The summed E-state index contributed by atoms with van der Waals surface area (Å²) in [7, 11) is 1.39. The van der Waals surface area contributed by atoms with Crippen LogP contribution in [0.15, 0.2) is 36.7 Å². The summed E-state index contributed by atoms with van der Waals surface area (Å²) >= 11 is 6.94. The van der Waals surface area contributed by atoms with Gasteiger partial charge in [-0.2, -0.15) is 5.10 Å². The van der Waals surface area contributed by atoms with Crippen molar-refractivity contribution in [3.63, 3.8) is 0 Å². The molecule has 0 aliphatic heterocycles. The Hall–Kier alpha value is -2.71. The molecule has 0 spiro atoms. The van der Waals surface area contributed by atoms with E-state index in [0.717, 1.165) is 22.5 Å². The molecule has 152 valence electrons. The van der Waals surface area contributed by atoms with Crippen LogP contribution in [0.3, 0.4) is 0 Å². The van der Waals surface area contributed by atoms with Gasteiger partial charge in [-0.3, -0.25) is 4.68 Å². The number of ether oxygens (including phenoxy) is 1. The fraction of sp³-hybridized carbons (Fsp3) is 0.286. The zero-order valence-electron chi connectivity index (χ0n) is 16.9. The minimum Gasteiger partial charge on any atom is -0.465 e. The number of rotatable bonds is 6. The molecular weight excluding hydrogens is 404 g/mol. The first-order chi connectivity index (χ1) is 13.9. The smallest absolute Gasteiger partial charge is 0.341 e. The van der Waals surface area contributed by atoms with Crippen LogP contribution in [0.2, 0.25) is 0 Å². The topological polar surface area (TPSA) is 68.2 Å². The zero-order chi connectivity index (χ0) is 21.0. The highest BCUT2D eigenvalue weighted by Crippen LogP contribution is 2.34. The van der Waals surface area contributed by atoms with Crippen molar-refractivity contribution in [1.29, 1.82) is 0 Å². The first-order valence-corrected chi connectivity index (χ1v) is 10.5. The summed E-state index contributed by atoms with van der Waals surface area (Å²) in [5, 5.41) is 11.8. The van der Waals surface area contributed by atoms with Gasteiger partial charge in [-0.15, -0.1) is 11.3 Å². The maximum absolute atomic E-state index is 12.2. The van der Waals surface area contributed by atoms with E-state index >= 15 is 0 Å². The summed E-state index contributed by atoms with van der Waals surface area (Å²) in [5.41, 5.74) is 4.76. The summed E-state index contributed by atoms with van der Waals surface area (Å²) in [6.07, 6.45) is 4.38. The predicted molar refractivity (Wildman–Crippen MR) is 122 cm³/mol. The molecule has 6 nitrogen and oxygen atoms in total. The molecule has 2 aromatic heterocycles. The third kappa shape index (κ3) is 4.83. The van der Waals surface area contributed by atoms with Gasteiger partial charge in [-0.05, 0) is 49.2 Å². The average Bonchev–Trinajstić information content (AvgIpc) is 3.26. The van der Waals surface area contributed by atoms with Crippen LogP contribution >= 0.6 is 23.6 Å². The van der Waals surface area contributed by atoms with E-state index in [4.69, 9.17) is 17.0 Å². The lowest BCUT2D eigenvalue weighted by Gasteiger charge is -2.10. The van der Waals surface area contributed by atoms with Gasteiger partial charge in [0.1, 0.15) is 5.00 Å². The lowest BCUT2D eigenvalue weighted by Crippen LogP contribution is -2.20. The lowest BCUT2D eigenvalue weighted by atomic mass is 10.1. The van der Waals surface area contributed by atoms with Crippen molar-refractivity contribution in [1.82, 2.24) is 9.78 Å². The average molecular weight is 429 g/mol. The van der Waals surface area contributed by atoms with Crippen molar-refractivity contribution in [2.24, 2.45) is 0 Å².